The fraction of sp³-hybridized carbons (Fsp3) is 0.636. The van der Waals surface area contributed by atoms with Crippen LogP contribution in [0.25, 0.3) is 0 Å². The van der Waals surface area contributed by atoms with Crippen LogP contribution in [0.2, 0.25) is 0 Å². The first-order chi connectivity index (χ1) is 9.10. The molecule has 106 valence electrons. The van der Waals surface area contributed by atoms with Gasteiger partial charge in [-0.25, -0.2) is 10.2 Å². The molecule has 19 heavy (non-hydrogen) atoms. The highest BCUT2D eigenvalue weighted by Gasteiger charge is 2.21. The highest BCUT2D eigenvalue weighted by molar-refractivity contribution is 7.97. The molecule has 0 radical (unpaired) electrons. The first-order valence-corrected chi connectivity index (χ1v) is 7.28. The zero-order chi connectivity index (χ0) is 13.8. The van der Waals surface area contributed by atoms with Crippen LogP contribution in [0.4, 0.5) is 4.79 Å². The Bertz CT molecular complexity index is 440. The molecule has 0 unspecified atom stereocenters. The van der Waals surface area contributed by atoms with E-state index in [9.17, 15) is 4.79 Å². The van der Waals surface area contributed by atoms with Gasteiger partial charge < -0.3 is 4.90 Å². The predicted octanol–water partition coefficient (Wildman–Crippen LogP) is 0.345. The Morgan fingerprint density at radius 1 is 1.42 bits per heavy atom. The number of amides is 2. The third-order valence-electron chi connectivity index (χ3n) is 3.13. The van der Waals surface area contributed by atoms with Crippen LogP contribution < -0.4 is 10.6 Å². The molecule has 0 spiro atoms. The number of aromatic nitrogens is 2. The van der Waals surface area contributed by atoms with Gasteiger partial charge in [0.05, 0.1) is 17.3 Å². The van der Waals surface area contributed by atoms with Gasteiger partial charge in [0, 0.05) is 26.2 Å². The molecule has 0 saturated carbocycles. The summed E-state index contributed by atoms with van der Waals surface area (Å²) >= 11 is 1.32. The van der Waals surface area contributed by atoms with E-state index < -0.39 is 0 Å². The second-order valence-electron chi connectivity index (χ2n) is 4.66. The minimum Gasteiger partial charge on any atom is -0.321 e. The lowest BCUT2D eigenvalue weighted by atomic mass is 10.3. The van der Waals surface area contributed by atoms with Crippen molar-refractivity contribution < 1.29 is 4.79 Å². The minimum atomic E-state index is -0.105. The summed E-state index contributed by atoms with van der Waals surface area (Å²) in [5, 5.41) is 9.66. The van der Waals surface area contributed by atoms with Crippen LogP contribution in [-0.4, -0.2) is 57.8 Å². The molecule has 1 aromatic heterocycles. The number of carbonyl (C=O) groups is 1. The van der Waals surface area contributed by atoms with Crippen LogP contribution in [0.5, 0.6) is 0 Å². The van der Waals surface area contributed by atoms with E-state index in [2.05, 4.69) is 15.4 Å². The van der Waals surface area contributed by atoms with Gasteiger partial charge in [-0.1, -0.05) is 11.9 Å². The zero-order valence-corrected chi connectivity index (χ0v) is 12.1. The number of hydrogen-bond donors (Lipinski definition) is 2. The maximum Gasteiger partial charge on any atom is 0.337 e. The number of urea groups is 1. The van der Waals surface area contributed by atoms with E-state index in [1.807, 2.05) is 19.9 Å². The van der Waals surface area contributed by atoms with Crippen LogP contribution >= 0.6 is 11.9 Å². The molecule has 7 nitrogen and oxygen atoms in total. The van der Waals surface area contributed by atoms with Gasteiger partial charge in [0.15, 0.2) is 0 Å². The molecule has 1 aliphatic heterocycles. The Kier molecular flexibility index (Phi) is 4.67. The number of aryl methyl sites for hydroxylation is 2. The lowest BCUT2D eigenvalue weighted by molar-refractivity contribution is 0.158. The van der Waals surface area contributed by atoms with Gasteiger partial charge in [0.2, 0.25) is 0 Å². The van der Waals surface area contributed by atoms with Crippen molar-refractivity contribution in [1.29, 1.82) is 0 Å². The standard InChI is InChI=1S/C11H20N6OS/c1-9-7-10(2)17(13-9)14-11(18)16-5-3-15(4-6-16)8-19-12/h7H,3-6,8,12H2,1-2H3,(H,14,18). The smallest absolute Gasteiger partial charge is 0.321 e. The summed E-state index contributed by atoms with van der Waals surface area (Å²) in [6.45, 7) is 6.95. The van der Waals surface area contributed by atoms with E-state index in [4.69, 9.17) is 5.14 Å². The normalized spacial score (nSPS) is 16.7. The highest BCUT2D eigenvalue weighted by Crippen LogP contribution is 2.06. The van der Waals surface area contributed by atoms with Gasteiger partial charge in [0.25, 0.3) is 0 Å². The molecule has 2 amide bonds. The Morgan fingerprint density at radius 3 is 2.63 bits per heavy atom. The van der Waals surface area contributed by atoms with E-state index in [0.717, 1.165) is 30.4 Å². The average Bonchev–Trinajstić information content (AvgIpc) is 2.69. The largest absolute Gasteiger partial charge is 0.337 e. The van der Waals surface area contributed by atoms with Gasteiger partial charge >= 0.3 is 6.03 Å². The van der Waals surface area contributed by atoms with Crippen molar-refractivity contribution in [2.24, 2.45) is 5.14 Å². The molecule has 1 aromatic rings. The molecule has 1 aliphatic rings. The van der Waals surface area contributed by atoms with Crippen LogP contribution in [-0.2, 0) is 0 Å². The van der Waals surface area contributed by atoms with Crippen molar-refractivity contribution in [2.75, 3.05) is 37.5 Å². The van der Waals surface area contributed by atoms with Crippen molar-refractivity contribution in [2.45, 2.75) is 13.8 Å². The highest BCUT2D eigenvalue weighted by atomic mass is 32.2. The van der Waals surface area contributed by atoms with E-state index >= 15 is 0 Å². The van der Waals surface area contributed by atoms with E-state index in [0.29, 0.717) is 13.1 Å². The second kappa shape index (κ2) is 6.27. The zero-order valence-electron chi connectivity index (χ0n) is 11.3. The fourth-order valence-electron chi connectivity index (χ4n) is 2.09. The van der Waals surface area contributed by atoms with Gasteiger partial charge in [-0.3, -0.25) is 10.0 Å². The number of carbonyl (C=O) groups excluding carboxylic acids is 1. The molecular formula is C11H20N6OS. The van der Waals surface area contributed by atoms with Crippen LogP contribution in [0.15, 0.2) is 6.07 Å². The Morgan fingerprint density at radius 2 is 2.11 bits per heavy atom. The van der Waals surface area contributed by atoms with E-state index in [1.54, 1.807) is 4.90 Å². The summed E-state index contributed by atoms with van der Waals surface area (Å²) in [7, 11) is 0. The number of rotatable bonds is 3. The lowest BCUT2D eigenvalue weighted by Crippen LogP contribution is -2.51. The molecule has 1 saturated heterocycles. The second-order valence-corrected chi connectivity index (χ2v) is 5.25. The number of nitrogens with two attached hydrogens (primary N) is 1. The van der Waals surface area contributed by atoms with Crippen molar-refractivity contribution in [3.63, 3.8) is 0 Å². The quantitative estimate of drug-likeness (QED) is 0.783. The summed E-state index contributed by atoms with van der Waals surface area (Å²) in [6.07, 6.45) is 0. The van der Waals surface area contributed by atoms with Crippen LogP contribution in [0.3, 0.4) is 0 Å². The van der Waals surface area contributed by atoms with Crippen LogP contribution in [0.1, 0.15) is 11.4 Å². The summed E-state index contributed by atoms with van der Waals surface area (Å²) in [6, 6.07) is 1.82. The molecule has 1 fully saturated rings. The average molecular weight is 284 g/mol. The SMILES string of the molecule is Cc1cc(C)n(NC(=O)N2CCN(CSN)CC2)n1. The van der Waals surface area contributed by atoms with E-state index in [-0.39, 0.29) is 6.03 Å². The maximum atomic E-state index is 12.1. The summed E-state index contributed by atoms with van der Waals surface area (Å²) < 4.78 is 0. The van der Waals surface area contributed by atoms with Gasteiger partial charge in [-0.2, -0.15) is 9.89 Å². The topological polar surface area (TPSA) is 79.4 Å². The summed E-state index contributed by atoms with van der Waals surface area (Å²) in [4.78, 5) is 17.7. The van der Waals surface area contributed by atoms with Gasteiger partial charge in [-0.05, 0) is 19.9 Å². The molecule has 0 bridgehead atoms. The minimum absolute atomic E-state index is 0.105. The fourth-order valence-corrected chi connectivity index (χ4v) is 2.56. The maximum absolute atomic E-state index is 12.1. The molecular weight excluding hydrogens is 264 g/mol. The number of nitrogens with zero attached hydrogens (tertiary/aromatic N) is 4. The molecule has 2 rings (SSSR count). The first-order valence-electron chi connectivity index (χ1n) is 6.23. The van der Waals surface area contributed by atoms with Crippen molar-refractivity contribution >= 4 is 18.0 Å². The third kappa shape index (κ3) is 3.62. The Hall–Kier alpha value is -1.25. The molecule has 0 atom stereocenters. The number of hydrogen-bond acceptors (Lipinski definition) is 5. The predicted molar refractivity (Wildman–Crippen MR) is 76.2 cm³/mol. The summed E-state index contributed by atoms with van der Waals surface area (Å²) in [5.74, 6) is 0.812. The summed E-state index contributed by atoms with van der Waals surface area (Å²) in [5.41, 5.74) is 4.60. The first kappa shape index (κ1) is 14.2. The van der Waals surface area contributed by atoms with Crippen LogP contribution in [0, 0.1) is 13.8 Å². The van der Waals surface area contributed by atoms with Gasteiger partial charge in [-0.15, -0.1) is 0 Å². The number of piperazine rings is 1. The Labute approximate surface area is 117 Å². The molecule has 2 heterocycles. The Balaban J connectivity index is 1.86. The van der Waals surface area contributed by atoms with E-state index in [1.165, 1.54) is 16.7 Å². The molecule has 3 N–H and O–H groups in total. The third-order valence-corrected chi connectivity index (χ3v) is 3.64. The van der Waals surface area contributed by atoms with Crippen molar-refractivity contribution in [3.05, 3.63) is 17.5 Å². The van der Waals surface area contributed by atoms with Crippen molar-refractivity contribution in [1.82, 2.24) is 19.7 Å². The molecule has 0 aliphatic carbocycles. The number of nitrogens with one attached hydrogen (secondary N) is 1. The van der Waals surface area contributed by atoms with Crippen molar-refractivity contribution in [3.8, 4) is 0 Å². The monoisotopic (exact) mass is 284 g/mol. The molecule has 8 heteroatoms. The lowest BCUT2D eigenvalue weighted by Gasteiger charge is -2.34. The van der Waals surface area contributed by atoms with Gasteiger partial charge in [0.1, 0.15) is 0 Å². The molecule has 0 aromatic carbocycles.